The number of unbranched alkanes of at least 4 members (excludes halogenated alkanes) is 1. The van der Waals surface area contributed by atoms with E-state index in [0.717, 1.165) is 51.4 Å². The second-order valence-electron chi connectivity index (χ2n) is 13.6. The van der Waals surface area contributed by atoms with Gasteiger partial charge in [-0.3, -0.25) is 19.2 Å². The third-order valence-corrected chi connectivity index (χ3v) is 9.10. The largest absolute Gasteiger partial charge is 0.478 e. The van der Waals surface area contributed by atoms with Gasteiger partial charge in [-0.15, -0.1) is 0 Å². The lowest BCUT2D eigenvalue weighted by atomic mass is 10.0. The molecule has 0 aliphatic carbocycles. The van der Waals surface area contributed by atoms with Crippen LogP contribution in [0, 0.1) is 0 Å². The molecule has 292 valence electrons. The molecule has 3 rings (SSSR count). The summed E-state index contributed by atoms with van der Waals surface area (Å²) in [5.74, 6) is 0.0500. The van der Waals surface area contributed by atoms with Crippen LogP contribution in [-0.4, -0.2) is 53.0 Å². The highest BCUT2D eigenvalue weighted by Crippen LogP contribution is 2.27. The molecule has 2 amide bonds. The number of carbonyl (C=O) groups is 4. The first-order valence-electron chi connectivity index (χ1n) is 19.1. The Hall–Kier alpha value is -4.14. The molecule has 1 N–H and O–H groups in total. The second-order valence-corrected chi connectivity index (χ2v) is 14.1. The van der Waals surface area contributed by atoms with Gasteiger partial charge in [0.05, 0.1) is 6.04 Å². The summed E-state index contributed by atoms with van der Waals surface area (Å²) in [5.41, 5.74) is -0.198. The van der Waals surface area contributed by atoms with E-state index < -0.39 is 11.6 Å². The summed E-state index contributed by atoms with van der Waals surface area (Å²) in [5, 5.41) is 3.48. The molecule has 7 nitrogen and oxygen atoms in total. The molecule has 1 fully saturated rings. The Balaban J connectivity index is 0.0000101. The third-order valence-electron chi connectivity index (χ3n) is 8.85. The predicted octanol–water partition coefficient (Wildman–Crippen LogP) is 10.2. The van der Waals surface area contributed by atoms with Crippen molar-refractivity contribution in [1.82, 2.24) is 10.2 Å². The number of carbonyl (C=O) groups excluding carboxylic acids is 4. The molecule has 1 aliphatic heterocycles. The van der Waals surface area contributed by atoms with Crippen LogP contribution in [0.1, 0.15) is 114 Å². The van der Waals surface area contributed by atoms with Crippen LogP contribution in [0.2, 0.25) is 5.02 Å². The zero-order valence-electron chi connectivity index (χ0n) is 32.2. The van der Waals surface area contributed by atoms with Crippen LogP contribution in [-0.2, 0) is 14.4 Å². The van der Waals surface area contributed by atoms with E-state index in [1.165, 1.54) is 0 Å². The van der Waals surface area contributed by atoms with E-state index in [4.69, 9.17) is 16.3 Å². The highest BCUT2D eigenvalue weighted by atomic mass is 35.5. The Morgan fingerprint density at radius 3 is 1.89 bits per heavy atom. The first-order valence-corrected chi connectivity index (χ1v) is 19.4. The zero-order chi connectivity index (χ0) is 38.3. The van der Waals surface area contributed by atoms with Crippen LogP contribution in [0.5, 0.6) is 5.75 Å². The van der Waals surface area contributed by atoms with Gasteiger partial charge in [-0.2, -0.15) is 13.5 Å². The first-order chi connectivity index (χ1) is 25.6. The quantitative estimate of drug-likeness (QED) is 0.0690. The molecule has 1 heterocycles. The van der Waals surface area contributed by atoms with Gasteiger partial charge in [-0.25, -0.2) is 0 Å². The number of hydrogen-bond acceptors (Lipinski definition) is 5. The van der Waals surface area contributed by atoms with Crippen molar-refractivity contribution in [3.8, 4) is 5.75 Å². The first kappa shape index (κ1) is 46.0. The molecule has 0 aromatic heterocycles. The van der Waals surface area contributed by atoms with Crippen molar-refractivity contribution in [2.24, 2.45) is 0 Å². The number of rotatable bonds is 23. The number of benzene rings is 2. The fourth-order valence-corrected chi connectivity index (χ4v) is 6.09. The number of ketones is 2. The number of likely N-dealkylation sites (tertiary alicyclic amines) is 1. The molecule has 9 heteroatoms. The number of hydrogen-bond donors (Lipinski definition) is 1. The Bertz CT molecular complexity index is 1610. The maximum absolute atomic E-state index is 13.6. The van der Waals surface area contributed by atoms with E-state index in [2.05, 4.69) is 73.0 Å². The van der Waals surface area contributed by atoms with E-state index in [-0.39, 0.29) is 36.9 Å². The van der Waals surface area contributed by atoms with Crippen molar-refractivity contribution in [1.29, 1.82) is 0 Å². The van der Waals surface area contributed by atoms with Crippen molar-refractivity contribution < 1.29 is 23.9 Å². The summed E-state index contributed by atoms with van der Waals surface area (Å²) >= 11 is 5.94. The summed E-state index contributed by atoms with van der Waals surface area (Å²) in [6, 6.07) is 12.9. The topological polar surface area (TPSA) is 92.8 Å². The molecular formula is C45H59ClN2O5S. The van der Waals surface area contributed by atoms with Gasteiger partial charge in [0.15, 0.2) is 17.2 Å². The number of halogens is 1. The molecule has 0 bridgehead atoms. The molecule has 1 aliphatic rings. The van der Waals surface area contributed by atoms with E-state index in [1.807, 2.05) is 0 Å². The molecule has 2 aromatic carbocycles. The molecule has 1 atom stereocenters. The fraction of sp³-hybridized carbons (Fsp3) is 0.422. The van der Waals surface area contributed by atoms with Crippen molar-refractivity contribution in [2.45, 2.75) is 109 Å². The maximum atomic E-state index is 13.6. The van der Waals surface area contributed by atoms with Crippen LogP contribution in [0.4, 0.5) is 0 Å². The summed E-state index contributed by atoms with van der Waals surface area (Å²) in [7, 11) is 0. The van der Waals surface area contributed by atoms with Crippen LogP contribution >= 0.6 is 25.1 Å². The number of Topliss-reactive ketones (excluding diaryl/α,β-unsaturated/α-hetero) is 1. The summed E-state index contributed by atoms with van der Waals surface area (Å²) in [6.45, 7) is 6.45. The molecular weight excluding hydrogens is 716 g/mol. The number of ether oxygens (including phenoxy) is 1. The minimum Gasteiger partial charge on any atom is -0.478 e. The zero-order valence-corrected chi connectivity index (χ0v) is 34.0. The highest BCUT2D eigenvalue weighted by molar-refractivity contribution is 7.59. The molecule has 0 unspecified atom stereocenters. The van der Waals surface area contributed by atoms with Gasteiger partial charge in [0.2, 0.25) is 5.91 Å². The van der Waals surface area contributed by atoms with Gasteiger partial charge >= 0.3 is 0 Å². The number of nitrogens with one attached hydrogen (secondary N) is 1. The summed E-state index contributed by atoms with van der Waals surface area (Å²) in [6.07, 6.45) is 30.8. The van der Waals surface area contributed by atoms with Crippen LogP contribution in [0.25, 0.3) is 0 Å². The van der Waals surface area contributed by atoms with E-state index in [9.17, 15) is 19.2 Å². The minimum absolute atomic E-state index is 0. The average Bonchev–Trinajstić information content (AvgIpc) is 3.64. The maximum Gasteiger partial charge on any atom is 0.266 e. The standard InChI is InChI=1S/C45H57ClN2O5.H2S/c1-4-5-6-7-8-9-10-11-12-13-14-15-16-17-18-19-20-25-42(50)47-34-21-24-41(49)40-23-22-35-48(40)44(52)45(2,3)53-39-32-28-37(29-33-39)43(51)36-26-30-38(46)31-27-36;/h5-6,8-9,11-12,14-15,17-18,26-33,40H,4,7,10,13,16,19-25,34-35H2,1-3H3,(H,47,50);1H2/b6-5-,9-8-,12-11-,15-14-,18-17-;/t40-;/m0./s1. The van der Waals surface area contributed by atoms with Crippen molar-refractivity contribution in [3.05, 3.63) is 125 Å². The molecule has 0 saturated carbocycles. The van der Waals surface area contributed by atoms with E-state index >= 15 is 0 Å². The fourth-order valence-electron chi connectivity index (χ4n) is 5.97. The van der Waals surface area contributed by atoms with Gasteiger partial charge in [-0.1, -0.05) is 79.3 Å². The van der Waals surface area contributed by atoms with Crippen molar-refractivity contribution in [3.63, 3.8) is 0 Å². The van der Waals surface area contributed by atoms with Crippen LogP contribution < -0.4 is 10.1 Å². The third kappa shape index (κ3) is 16.9. The Kier molecular flexibility index (Phi) is 22.0. The second kappa shape index (κ2) is 25.8. The van der Waals surface area contributed by atoms with Gasteiger partial charge in [-0.05, 0) is 127 Å². The van der Waals surface area contributed by atoms with Crippen molar-refractivity contribution >= 4 is 48.5 Å². The SMILES string of the molecule is CC/C=C\C/C=C\C/C=C\C/C=C\C/C=C\CCCC(=O)NCCCC(=O)[C@@H]1CCCN1C(=O)C(C)(C)Oc1ccc(C(=O)c2ccc(Cl)cc2)cc1.S. The van der Waals surface area contributed by atoms with E-state index in [1.54, 1.807) is 67.3 Å². The normalized spacial score (nSPS) is 14.8. The van der Waals surface area contributed by atoms with Gasteiger partial charge < -0.3 is 15.0 Å². The van der Waals surface area contributed by atoms with Crippen LogP contribution in [0.3, 0.4) is 0 Å². The Morgan fingerprint density at radius 1 is 0.778 bits per heavy atom. The smallest absolute Gasteiger partial charge is 0.266 e. The minimum atomic E-state index is -1.22. The lowest BCUT2D eigenvalue weighted by Gasteiger charge is -2.33. The average molecular weight is 775 g/mol. The van der Waals surface area contributed by atoms with Gasteiger partial charge in [0.25, 0.3) is 5.91 Å². The summed E-state index contributed by atoms with van der Waals surface area (Å²) in [4.78, 5) is 53.5. The predicted molar refractivity (Wildman–Crippen MR) is 227 cm³/mol. The number of amides is 2. The molecule has 0 spiro atoms. The molecule has 1 saturated heterocycles. The lowest BCUT2D eigenvalue weighted by Crippen LogP contribution is -2.52. The van der Waals surface area contributed by atoms with E-state index in [0.29, 0.717) is 60.7 Å². The molecule has 54 heavy (non-hydrogen) atoms. The lowest BCUT2D eigenvalue weighted by molar-refractivity contribution is -0.149. The van der Waals surface area contributed by atoms with Crippen LogP contribution in [0.15, 0.2) is 109 Å². The van der Waals surface area contributed by atoms with Gasteiger partial charge in [0, 0.05) is 42.1 Å². The Labute approximate surface area is 335 Å². The summed E-state index contributed by atoms with van der Waals surface area (Å²) < 4.78 is 6.09. The number of nitrogens with zero attached hydrogens (tertiary/aromatic N) is 1. The monoisotopic (exact) mass is 774 g/mol. The van der Waals surface area contributed by atoms with Gasteiger partial charge in [0.1, 0.15) is 5.75 Å². The Morgan fingerprint density at radius 2 is 1.31 bits per heavy atom. The molecule has 2 aromatic rings. The molecule has 0 radical (unpaired) electrons. The number of allylic oxidation sites excluding steroid dienone is 10. The van der Waals surface area contributed by atoms with Crippen molar-refractivity contribution in [2.75, 3.05) is 13.1 Å². The highest BCUT2D eigenvalue weighted by Gasteiger charge is 2.41.